The highest BCUT2D eigenvalue weighted by atomic mass is 32.2. The summed E-state index contributed by atoms with van der Waals surface area (Å²) in [6, 6.07) is 6.88. The Morgan fingerprint density at radius 2 is 2.29 bits per heavy atom. The highest BCUT2D eigenvalue weighted by molar-refractivity contribution is 7.97. The molecule has 1 aliphatic carbocycles. The van der Waals surface area contributed by atoms with Gasteiger partial charge in [-0.05, 0) is 43.0 Å². The molecule has 74 valence electrons. The van der Waals surface area contributed by atoms with E-state index < -0.39 is 0 Å². The van der Waals surface area contributed by atoms with Crippen LogP contribution in [0.15, 0.2) is 23.1 Å². The lowest BCUT2D eigenvalue weighted by Gasteiger charge is -2.31. The zero-order valence-corrected chi connectivity index (χ0v) is 8.68. The third kappa shape index (κ3) is 1.35. The summed E-state index contributed by atoms with van der Waals surface area (Å²) >= 11 is 1.70. The highest BCUT2D eigenvalue weighted by Crippen LogP contribution is 2.39. The van der Waals surface area contributed by atoms with Gasteiger partial charge < -0.3 is 10.6 Å². The van der Waals surface area contributed by atoms with Crippen molar-refractivity contribution in [3.8, 4) is 0 Å². The van der Waals surface area contributed by atoms with E-state index in [0.29, 0.717) is 0 Å². The molecular formula is C10H13N3S. The number of hydrogen-bond acceptors (Lipinski definition) is 4. The van der Waals surface area contributed by atoms with Crippen LogP contribution in [0.1, 0.15) is 12.8 Å². The molecular weight excluding hydrogens is 194 g/mol. The Labute approximate surface area is 87.8 Å². The van der Waals surface area contributed by atoms with Crippen molar-refractivity contribution in [2.75, 3.05) is 17.3 Å². The first-order valence-electron chi connectivity index (χ1n) is 4.90. The highest BCUT2D eigenvalue weighted by Gasteiger charge is 2.32. The summed E-state index contributed by atoms with van der Waals surface area (Å²) in [7, 11) is 0. The Balaban J connectivity index is 2.02. The fraction of sp³-hybridized carbons (Fsp3) is 0.400. The van der Waals surface area contributed by atoms with Crippen LogP contribution in [0.2, 0.25) is 0 Å². The third-order valence-electron chi connectivity index (χ3n) is 2.70. The summed E-state index contributed by atoms with van der Waals surface area (Å²) in [5.74, 6) is 0. The largest absolute Gasteiger partial charge is 0.399 e. The maximum absolute atomic E-state index is 5.81. The fourth-order valence-corrected chi connectivity index (χ4v) is 2.60. The van der Waals surface area contributed by atoms with Crippen molar-refractivity contribution in [2.45, 2.75) is 23.8 Å². The van der Waals surface area contributed by atoms with Gasteiger partial charge in [-0.3, -0.25) is 0 Å². The van der Waals surface area contributed by atoms with Gasteiger partial charge in [0, 0.05) is 16.6 Å². The summed E-state index contributed by atoms with van der Waals surface area (Å²) < 4.78 is 3.33. The number of hydrogen-bond donors (Lipinski definition) is 2. The van der Waals surface area contributed by atoms with Crippen molar-refractivity contribution in [1.29, 1.82) is 0 Å². The lowest BCUT2D eigenvalue weighted by atomic mass is 10.2. The molecule has 0 radical (unpaired) electrons. The molecule has 0 unspecified atom stereocenters. The van der Waals surface area contributed by atoms with Crippen LogP contribution in [0.4, 0.5) is 11.4 Å². The van der Waals surface area contributed by atoms with Crippen molar-refractivity contribution in [3.63, 3.8) is 0 Å². The van der Waals surface area contributed by atoms with Gasteiger partial charge in [0.25, 0.3) is 0 Å². The van der Waals surface area contributed by atoms with Gasteiger partial charge in [-0.2, -0.15) is 0 Å². The standard InChI is InChI=1S/C10H13N3S/c11-7-1-4-10-9(5-7)13(6-12-14-10)8-2-3-8/h1,4-5,8,12H,2-3,6,11H2. The SMILES string of the molecule is Nc1ccc2c(c1)N(C1CC1)CNS2. The molecule has 0 bridgehead atoms. The van der Waals surface area contributed by atoms with Gasteiger partial charge in [0.05, 0.1) is 12.4 Å². The second-order valence-corrected chi connectivity index (χ2v) is 4.77. The maximum Gasteiger partial charge on any atom is 0.0781 e. The number of nitrogens with two attached hydrogens (primary N) is 1. The molecule has 3 N–H and O–H groups in total. The summed E-state index contributed by atoms with van der Waals surface area (Å²) in [4.78, 5) is 3.71. The summed E-state index contributed by atoms with van der Waals surface area (Å²) in [5, 5.41) is 0. The molecule has 4 heteroatoms. The summed E-state index contributed by atoms with van der Waals surface area (Å²) in [6.07, 6.45) is 2.64. The number of nitrogens with one attached hydrogen (secondary N) is 1. The summed E-state index contributed by atoms with van der Waals surface area (Å²) in [5.41, 5.74) is 7.97. The molecule has 3 rings (SSSR count). The van der Waals surface area contributed by atoms with Gasteiger partial charge in [0.15, 0.2) is 0 Å². The molecule has 2 aliphatic rings. The van der Waals surface area contributed by atoms with Crippen LogP contribution >= 0.6 is 11.9 Å². The van der Waals surface area contributed by atoms with Crippen molar-refractivity contribution in [2.24, 2.45) is 0 Å². The van der Waals surface area contributed by atoms with Gasteiger partial charge in [-0.15, -0.1) is 0 Å². The van der Waals surface area contributed by atoms with Crippen molar-refractivity contribution in [1.82, 2.24) is 4.72 Å². The monoisotopic (exact) mass is 207 g/mol. The molecule has 3 nitrogen and oxygen atoms in total. The number of fused-ring (bicyclic) bond motifs is 1. The molecule has 1 heterocycles. The van der Waals surface area contributed by atoms with Crippen LogP contribution < -0.4 is 15.4 Å². The first kappa shape index (κ1) is 8.44. The average Bonchev–Trinajstić information content (AvgIpc) is 3.00. The fourth-order valence-electron chi connectivity index (χ4n) is 1.82. The lowest BCUT2D eigenvalue weighted by Crippen LogP contribution is -2.36. The number of nitrogen functional groups attached to an aromatic ring is 1. The van der Waals surface area contributed by atoms with Crippen molar-refractivity contribution in [3.05, 3.63) is 18.2 Å². The molecule has 14 heavy (non-hydrogen) atoms. The van der Waals surface area contributed by atoms with Crippen molar-refractivity contribution < 1.29 is 0 Å². The zero-order valence-electron chi connectivity index (χ0n) is 7.86. The predicted molar refractivity (Wildman–Crippen MR) is 60.2 cm³/mol. The van der Waals surface area contributed by atoms with Crippen molar-refractivity contribution >= 4 is 23.3 Å². The van der Waals surface area contributed by atoms with E-state index in [1.165, 1.54) is 23.4 Å². The molecule has 1 fully saturated rings. The van der Waals surface area contributed by atoms with Crippen LogP contribution in [0.25, 0.3) is 0 Å². The molecule has 0 aromatic heterocycles. The third-order valence-corrected chi connectivity index (χ3v) is 3.54. The van der Waals surface area contributed by atoms with E-state index in [1.807, 2.05) is 6.07 Å². The van der Waals surface area contributed by atoms with E-state index >= 15 is 0 Å². The molecule has 1 aromatic rings. The molecule has 1 saturated carbocycles. The van der Waals surface area contributed by atoms with Crippen LogP contribution in [0.3, 0.4) is 0 Å². The Bertz CT molecular complexity index is 362. The lowest BCUT2D eigenvalue weighted by molar-refractivity contribution is 0.755. The molecule has 1 aromatic carbocycles. The topological polar surface area (TPSA) is 41.3 Å². The maximum atomic E-state index is 5.81. The minimum Gasteiger partial charge on any atom is -0.399 e. The smallest absolute Gasteiger partial charge is 0.0781 e. The second-order valence-electron chi connectivity index (χ2n) is 3.83. The first-order valence-corrected chi connectivity index (χ1v) is 5.72. The first-order chi connectivity index (χ1) is 6.84. The zero-order chi connectivity index (χ0) is 9.54. The van der Waals surface area contributed by atoms with E-state index in [2.05, 4.69) is 21.8 Å². The van der Waals surface area contributed by atoms with Gasteiger partial charge in [-0.1, -0.05) is 0 Å². The predicted octanol–water partition coefficient (Wildman–Crippen LogP) is 1.81. The Hall–Kier alpha value is -0.870. The van der Waals surface area contributed by atoms with Gasteiger partial charge in [-0.25, -0.2) is 4.72 Å². The quantitative estimate of drug-likeness (QED) is 0.544. The number of rotatable bonds is 1. The Morgan fingerprint density at radius 3 is 3.07 bits per heavy atom. The molecule has 0 spiro atoms. The van der Waals surface area contributed by atoms with Gasteiger partial charge >= 0.3 is 0 Å². The summed E-state index contributed by atoms with van der Waals surface area (Å²) in [6.45, 7) is 0.936. The Kier molecular flexibility index (Phi) is 1.85. The van der Waals surface area contributed by atoms with E-state index in [4.69, 9.17) is 5.73 Å². The van der Waals surface area contributed by atoms with Crippen LogP contribution in [-0.4, -0.2) is 12.7 Å². The minimum absolute atomic E-state index is 0.740. The number of benzene rings is 1. The molecule has 0 amide bonds. The Morgan fingerprint density at radius 1 is 1.43 bits per heavy atom. The van der Waals surface area contributed by atoms with Crippen LogP contribution in [0, 0.1) is 0 Å². The number of anilines is 2. The van der Waals surface area contributed by atoms with Crippen LogP contribution in [0.5, 0.6) is 0 Å². The minimum atomic E-state index is 0.740. The number of nitrogens with zero attached hydrogens (tertiary/aromatic N) is 1. The molecule has 0 saturated heterocycles. The van der Waals surface area contributed by atoms with Crippen LogP contribution in [-0.2, 0) is 0 Å². The normalized spacial score (nSPS) is 20.7. The van der Waals surface area contributed by atoms with Gasteiger partial charge in [0.2, 0.25) is 0 Å². The van der Waals surface area contributed by atoms with E-state index in [0.717, 1.165) is 18.4 Å². The van der Waals surface area contributed by atoms with E-state index in [-0.39, 0.29) is 0 Å². The molecule has 0 atom stereocenters. The second kappa shape index (κ2) is 3.07. The van der Waals surface area contributed by atoms with Gasteiger partial charge in [0.1, 0.15) is 0 Å². The van der Waals surface area contributed by atoms with E-state index in [9.17, 15) is 0 Å². The average molecular weight is 207 g/mol. The molecule has 1 aliphatic heterocycles. The van der Waals surface area contributed by atoms with E-state index in [1.54, 1.807) is 11.9 Å².